The van der Waals surface area contributed by atoms with Gasteiger partial charge >= 0.3 is 0 Å². The van der Waals surface area contributed by atoms with Gasteiger partial charge < -0.3 is 17.2 Å². The van der Waals surface area contributed by atoms with E-state index in [1.165, 1.54) is 44.9 Å². The number of hydrogen-bond acceptors (Lipinski definition) is 3. The molecule has 27 heavy (non-hydrogen) atoms. The molecule has 0 aliphatic heterocycles. The molecule has 0 unspecified atom stereocenters. The molecule has 6 nitrogen and oxygen atoms in total. The minimum absolute atomic E-state index is 0.159. The lowest BCUT2D eigenvalue weighted by Crippen LogP contribution is -2.10. The average molecular weight is 386 g/mol. The Hall–Kier alpha value is -1.59. The van der Waals surface area contributed by atoms with E-state index in [2.05, 4.69) is 6.92 Å². The molecule has 160 valence electrons. The number of amides is 3. The smallest absolute Gasteiger partial charge is 0.217 e. The third-order valence-corrected chi connectivity index (χ3v) is 4.37. The molecular weight excluding hydrogens is 342 g/mol. The first kappa shape index (κ1) is 27.6. The Bertz CT molecular complexity index is 356. The number of carbonyl (C=O) groups is 3. The molecule has 0 aromatic carbocycles. The van der Waals surface area contributed by atoms with Crippen LogP contribution in [0.1, 0.15) is 116 Å². The highest BCUT2D eigenvalue weighted by atomic mass is 16.1. The second-order valence-corrected chi connectivity index (χ2v) is 7.25. The number of carbonyl (C=O) groups excluding carboxylic acids is 3. The zero-order valence-corrected chi connectivity index (χ0v) is 17.5. The Kier molecular flexibility index (Phi) is 23.0. The first-order valence-corrected chi connectivity index (χ1v) is 10.7. The molecule has 0 atom stereocenters. The topological polar surface area (TPSA) is 129 Å². The molecule has 0 saturated heterocycles. The summed E-state index contributed by atoms with van der Waals surface area (Å²) in [6.45, 7) is 2.24. The third kappa shape index (κ3) is 32.5. The lowest BCUT2D eigenvalue weighted by atomic mass is 10.1. The number of primary amides is 3. The van der Waals surface area contributed by atoms with Gasteiger partial charge in [0.15, 0.2) is 0 Å². The highest BCUT2D eigenvalue weighted by molar-refractivity contribution is 5.74. The molecule has 0 spiro atoms. The van der Waals surface area contributed by atoms with Crippen LogP contribution in [0.25, 0.3) is 0 Å². The molecule has 0 saturated carbocycles. The fourth-order valence-corrected chi connectivity index (χ4v) is 2.74. The van der Waals surface area contributed by atoms with Crippen molar-refractivity contribution in [2.75, 3.05) is 0 Å². The van der Waals surface area contributed by atoms with E-state index in [0.717, 1.165) is 44.9 Å². The van der Waals surface area contributed by atoms with E-state index in [4.69, 9.17) is 17.2 Å². The summed E-state index contributed by atoms with van der Waals surface area (Å²) in [5.41, 5.74) is 15.0. The highest BCUT2D eigenvalue weighted by Gasteiger charge is 1.97. The summed E-state index contributed by atoms with van der Waals surface area (Å²) in [5, 5.41) is 0. The predicted molar refractivity (Wildman–Crippen MR) is 112 cm³/mol. The summed E-state index contributed by atoms with van der Waals surface area (Å²) in [7, 11) is 0. The van der Waals surface area contributed by atoms with Crippen molar-refractivity contribution in [3.8, 4) is 0 Å². The Labute approximate surface area is 166 Å². The largest absolute Gasteiger partial charge is 0.370 e. The maximum Gasteiger partial charge on any atom is 0.217 e. The minimum Gasteiger partial charge on any atom is -0.370 e. The second-order valence-electron chi connectivity index (χ2n) is 7.25. The monoisotopic (exact) mass is 385 g/mol. The van der Waals surface area contributed by atoms with Crippen LogP contribution in [0.3, 0.4) is 0 Å². The Morgan fingerprint density at radius 1 is 0.444 bits per heavy atom. The Balaban J connectivity index is 0. The SMILES string of the molecule is CCCCCCCCCCCC(N)=O.NC(=O)CCCCCCCC(N)=O. The molecule has 0 aliphatic carbocycles. The van der Waals surface area contributed by atoms with Crippen molar-refractivity contribution in [2.45, 2.75) is 116 Å². The molecule has 0 bridgehead atoms. The fraction of sp³-hybridized carbons (Fsp3) is 0.857. The van der Waals surface area contributed by atoms with Crippen LogP contribution >= 0.6 is 0 Å². The van der Waals surface area contributed by atoms with Crippen LogP contribution < -0.4 is 17.2 Å². The third-order valence-electron chi connectivity index (χ3n) is 4.37. The number of rotatable bonds is 18. The summed E-state index contributed by atoms with van der Waals surface area (Å²) in [5.74, 6) is -0.637. The number of unbranched alkanes of at least 4 members (excludes halogenated alkanes) is 12. The Morgan fingerprint density at radius 2 is 0.667 bits per heavy atom. The van der Waals surface area contributed by atoms with Crippen molar-refractivity contribution in [2.24, 2.45) is 17.2 Å². The quantitative estimate of drug-likeness (QED) is 0.307. The molecule has 0 aliphatic rings. The van der Waals surface area contributed by atoms with Crippen LogP contribution in [-0.2, 0) is 14.4 Å². The standard InChI is InChI=1S/C12H25NO.C9H18N2O2/c1-2-3-4-5-6-7-8-9-10-11-12(13)14;10-8(12)6-4-2-1-3-5-7-9(11)13/h2-11H2,1H3,(H2,13,14);1-7H2,(H2,10,12)(H2,11,13). The van der Waals surface area contributed by atoms with Gasteiger partial charge in [0.25, 0.3) is 0 Å². The summed E-state index contributed by atoms with van der Waals surface area (Å²) in [4.78, 5) is 31.1. The number of hydrogen-bond donors (Lipinski definition) is 3. The maximum atomic E-state index is 10.4. The summed E-state index contributed by atoms with van der Waals surface area (Å²) in [6, 6.07) is 0. The van der Waals surface area contributed by atoms with Crippen LogP contribution in [0, 0.1) is 0 Å². The van der Waals surface area contributed by atoms with E-state index in [1.807, 2.05) is 0 Å². The van der Waals surface area contributed by atoms with Gasteiger partial charge in [0.05, 0.1) is 0 Å². The fourth-order valence-electron chi connectivity index (χ4n) is 2.74. The lowest BCUT2D eigenvalue weighted by molar-refractivity contribution is -0.119. The van der Waals surface area contributed by atoms with E-state index in [0.29, 0.717) is 19.3 Å². The maximum absolute atomic E-state index is 10.4. The van der Waals surface area contributed by atoms with Gasteiger partial charge in [0, 0.05) is 19.3 Å². The zero-order valence-electron chi connectivity index (χ0n) is 17.5. The molecule has 0 rings (SSSR count). The van der Waals surface area contributed by atoms with E-state index < -0.39 is 0 Å². The molecule has 0 aromatic heterocycles. The molecular formula is C21H43N3O3. The van der Waals surface area contributed by atoms with Crippen molar-refractivity contribution >= 4 is 17.7 Å². The minimum atomic E-state index is -0.239. The molecule has 3 amide bonds. The van der Waals surface area contributed by atoms with Crippen molar-refractivity contribution in [3.05, 3.63) is 0 Å². The van der Waals surface area contributed by atoms with Crippen LogP contribution in [0.5, 0.6) is 0 Å². The van der Waals surface area contributed by atoms with Gasteiger partial charge in [0.2, 0.25) is 17.7 Å². The summed E-state index contributed by atoms with van der Waals surface area (Å²) < 4.78 is 0. The molecule has 6 heteroatoms. The van der Waals surface area contributed by atoms with Gasteiger partial charge in [-0.1, -0.05) is 77.6 Å². The van der Waals surface area contributed by atoms with Crippen LogP contribution in [0.15, 0.2) is 0 Å². The normalized spacial score (nSPS) is 10.1. The Morgan fingerprint density at radius 3 is 0.889 bits per heavy atom. The molecule has 0 aromatic rings. The van der Waals surface area contributed by atoms with Gasteiger partial charge in [0.1, 0.15) is 0 Å². The zero-order chi connectivity index (χ0) is 20.8. The van der Waals surface area contributed by atoms with Crippen molar-refractivity contribution in [1.29, 1.82) is 0 Å². The van der Waals surface area contributed by atoms with E-state index >= 15 is 0 Å². The van der Waals surface area contributed by atoms with E-state index in [-0.39, 0.29) is 17.7 Å². The van der Waals surface area contributed by atoms with Gasteiger partial charge in [-0.3, -0.25) is 14.4 Å². The van der Waals surface area contributed by atoms with Crippen LogP contribution in [0.2, 0.25) is 0 Å². The van der Waals surface area contributed by atoms with Crippen molar-refractivity contribution in [3.63, 3.8) is 0 Å². The average Bonchev–Trinajstić information content (AvgIpc) is 2.59. The van der Waals surface area contributed by atoms with Gasteiger partial charge in [-0.2, -0.15) is 0 Å². The molecule has 6 N–H and O–H groups in total. The van der Waals surface area contributed by atoms with Gasteiger partial charge in [-0.25, -0.2) is 0 Å². The van der Waals surface area contributed by atoms with E-state index in [9.17, 15) is 14.4 Å². The van der Waals surface area contributed by atoms with Crippen molar-refractivity contribution < 1.29 is 14.4 Å². The summed E-state index contributed by atoms with van der Waals surface area (Å²) in [6.07, 6.45) is 17.8. The van der Waals surface area contributed by atoms with Crippen LogP contribution in [-0.4, -0.2) is 17.7 Å². The molecule has 0 fully saturated rings. The molecule has 0 radical (unpaired) electrons. The highest BCUT2D eigenvalue weighted by Crippen LogP contribution is 2.10. The van der Waals surface area contributed by atoms with Crippen molar-refractivity contribution in [1.82, 2.24) is 0 Å². The molecule has 0 heterocycles. The first-order valence-electron chi connectivity index (χ1n) is 10.7. The second kappa shape index (κ2) is 22.5. The predicted octanol–water partition coefficient (Wildman–Crippen LogP) is 4.08. The van der Waals surface area contributed by atoms with Crippen LogP contribution in [0.4, 0.5) is 0 Å². The lowest BCUT2D eigenvalue weighted by Gasteiger charge is -2.00. The summed E-state index contributed by atoms with van der Waals surface area (Å²) >= 11 is 0. The number of nitrogens with two attached hydrogens (primary N) is 3. The van der Waals surface area contributed by atoms with Gasteiger partial charge in [-0.05, 0) is 19.3 Å². The first-order chi connectivity index (χ1) is 12.9. The van der Waals surface area contributed by atoms with Gasteiger partial charge in [-0.15, -0.1) is 0 Å². The van der Waals surface area contributed by atoms with E-state index in [1.54, 1.807) is 0 Å².